The van der Waals surface area contributed by atoms with Crippen LogP contribution in [0.25, 0.3) is 5.69 Å². The molecule has 1 saturated carbocycles. The van der Waals surface area contributed by atoms with Gasteiger partial charge in [0.25, 0.3) is 0 Å². The van der Waals surface area contributed by atoms with Crippen LogP contribution in [0.15, 0.2) is 47.6 Å². The topological polar surface area (TPSA) is 78.3 Å². The van der Waals surface area contributed by atoms with Crippen molar-refractivity contribution in [2.45, 2.75) is 23.9 Å². The van der Waals surface area contributed by atoms with Crippen LogP contribution >= 0.6 is 23.4 Å². The molecule has 1 heterocycles. The molecule has 1 aliphatic rings. The largest absolute Gasteiger partial charge is 0.495 e. The van der Waals surface area contributed by atoms with E-state index in [1.807, 2.05) is 34.9 Å². The lowest BCUT2D eigenvalue weighted by Crippen LogP contribution is -2.15. The normalized spacial score (nSPS) is 13.2. The fourth-order valence-electron chi connectivity index (χ4n) is 3.07. The predicted octanol–water partition coefficient (Wildman–Crippen LogP) is 4.55. The molecule has 0 bridgehead atoms. The number of anilines is 1. The van der Waals surface area contributed by atoms with Gasteiger partial charge in [-0.25, -0.2) is 0 Å². The number of ether oxygens (including phenoxy) is 2. The highest BCUT2D eigenvalue weighted by molar-refractivity contribution is 7.99. The highest BCUT2D eigenvalue weighted by atomic mass is 35.5. The Morgan fingerprint density at radius 1 is 1.17 bits per heavy atom. The highest BCUT2D eigenvalue weighted by Crippen LogP contribution is 2.41. The minimum Gasteiger partial charge on any atom is -0.495 e. The van der Waals surface area contributed by atoms with Gasteiger partial charge < -0.3 is 14.8 Å². The minimum atomic E-state index is -0.196. The molecule has 7 nitrogen and oxygen atoms in total. The molecule has 4 rings (SSSR count). The monoisotopic (exact) mass is 444 g/mol. The lowest BCUT2D eigenvalue weighted by Gasteiger charge is -2.13. The standard InChI is InChI=1S/C21H21ClN4O3S/c1-28-17-11-16(18(29-2)10-15(17)22)23-19(27)12-30-21-25-24-20(13-8-9-13)26(21)14-6-4-3-5-7-14/h3-7,10-11,13H,8-9,12H2,1-2H3,(H,23,27). The molecule has 30 heavy (non-hydrogen) atoms. The number of nitrogens with zero attached hydrogens (tertiary/aromatic N) is 3. The molecule has 1 N–H and O–H groups in total. The molecule has 2 aromatic carbocycles. The maximum atomic E-state index is 12.6. The molecular formula is C21H21ClN4O3S. The van der Waals surface area contributed by atoms with Crippen molar-refractivity contribution in [2.75, 3.05) is 25.3 Å². The van der Waals surface area contributed by atoms with Gasteiger partial charge in [-0.05, 0) is 25.0 Å². The molecule has 0 atom stereocenters. The molecule has 1 fully saturated rings. The number of carbonyl (C=O) groups is 1. The zero-order chi connectivity index (χ0) is 21.1. The van der Waals surface area contributed by atoms with Crippen LogP contribution in [0, 0.1) is 0 Å². The maximum absolute atomic E-state index is 12.6. The molecule has 3 aromatic rings. The summed E-state index contributed by atoms with van der Waals surface area (Å²) >= 11 is 7.47. The molecule has 0 saturated heterocycles. The zero-order valence-electron chi connectivity index (χ0n) is 16.6. The Hall–Kier alpha value is -2.71. The van der Waals surface area contributed by atoms with Gasteiger partial charge in [0, 0.05) is 23.7 Å². The van der Waals surface area contributed by atoms with Crippen LogP contribution < -0.4 is 14.8 Å². The summed E-state index contributed by atoms with van der Waals surface area (Å²) in [5.41, 5.74) is 1.49. The summed E-state index contributed by atoms with van der Waals surface area (Å²) in [5, 5.41) is 12.7. The fraction of sp³-hybridized carbons (Fsp3) is 0.286. The summed E-state index contributed by atoms with van der Waals surface area (Å²) in [4.78, 5) is 12.6. The van der Waals surface area contributed by atoms with E-state index >= 15 is 0 Å². The van der Waals surface area contributed by atoms with Gasteiger partial charge in [0.1, 0.15) is 17.3 Å². The van der Waals surface area contributed by atoms with Crippen molar-refractivity contribution < 1.29 is 14.3 Å². The van der Waals surface area contributed by atoms with Gasteiger partial charge in [-0.1, -0.05) is 41.6 Å². The van der Waals surface area contributed by atoms with Crippen LogP contribution in [0.1, 0.15) is 24.6 Å². The van der Waals surface area contributed by atoms with Gasteiger partial charge in [0.2, 0.25) is 5.91 Å². The van der Waals surface area contributed by atoms with Crippen LogP contribution in [0.2, 0.25) is 5.02 Å². The minimum absolute atomic E-state index is 0.170. The van der Waals surface area contributed by atoms with Crippen molar-refractivity contribution >= 4 is 35.0 Å². The summed E-state index contributed by atoms with van der Waals surface area (Å²) in [7, 11) is 3.04. The fourth-order valence-corrected chi connectivity index (χ4v) is 4.06. The first-order valence-electron chi connectivity index (χ1n) is 9.45. The summed E-state index contributed by atoms with van der Waals surface area (Å²) in [5.74, 6) is 2.28. The second kappa shape index (κ2) is 8.97. The summed E-state index contributed by atoms with van der Waals surface area (Å²) in [6.07, 6.45) is 2.24. The van der Waals surface area contributed by atoms with Crippen molar-refractivity contribution in [1.29, 1.82) is 0 Å². The Balaban J connectivity index is 1.50. The third kappa shape index (κ3) is 4.39. The number of rotatable bonds is 8. The average Bonchev–Trinajstić information content (AvgIpc) is 3.52. The van der Waals surface area contributed by atoms with Crippen LogP contribution in [0.4, 0.5) is 5.69 Å². The number of halogens is 1. The number of thioether (sulfide) groups is 1. The number of nitrogens with one attached hydrogen (secondary N) is 1. The molecule has 1 aliphatic carbocycles. The number of amides is 1. The van der Waals surface area contributed by atoms with E-state index in [9.17, 15) is 4.79 Å². The Bertz CT molecular complexity index is 1050. The Morgan fingerprint density at radius 2 is 1.90 bits per heavy atom. The first-order chi connectivity index (χ1) is 14.6. The maximum Gasteiger partial charge on any atom is 0.234 e. The summed E-state index contributed by atoms with van der Waals surface area (Å²) in [6.45, 7) is 0. The molecule has 0 radical (unpaired) electrons. The van der Waals surface area contributed by atoms with Crippen molar-refractivity contribution in [3.8, 4) is 17.2 Å². The molecule has 9 heteroatoms. The number of hydrogen-bond donors (Lipinski definition) is 1. The van der Waals surface area contributed by atoms with Crippen molar-refractivity contribution in [3.63, 3.8) is 0 Å². The Morgan fingerprint density at radius 3 is 2.57 bits per heavy atom. The third-order valence-corrected chi connectivity index (χ3v) is 5.92. The smallest absolute Gasteiger partial charge is 0.234 e. The van der Waals surface area contributed by atoms with E-state index in [0.717, 1.165) is 24.4 Å². The summed E-state index contributed by atoms with van der Waals surface area (Å²) in [6, 6.07) is 13.2. The number of benzene rings is 2. The molecule has 0 aliphatic heterocycles. The van der Waals surface area contributed by atoms with Gasteiger partial charge in [-0.15, -0.1) is 10.2 Å². The lowest BCUT2D eigenvalue weighted by atomic mass is 10.2. The van der Waals surface area contributed by atoms with E-state index < -0.39 is 0 Å². The number of aromatic nitrogens is 3. The predicted molar refractivity (Wildman–Crippen MR) is 117 cm³/mol. The molecule has 1 aromatic heterocycles. The Kier molecular flexibility index (Phi) is 6.15. The second-order valence-corrected chi connectivity index (χ2v) is 8.16. The first-order valence-corrected chi connectivity index (χ1v) is 10.8. The number of hydrogen-bond acceptors (Lipinski definition) is 6. The molecule has 0 spiro atoms. The van der Waals surface area contributed by atoms with Crippen LogP contribution in [-0.2, 0) is 4.79 Å². The zero-order valence-corrected chi connectivity index (χ0v) is 18.2. The van der Waals surface area contributed by atoms with Gasteiger partial charge >= 0.3 is 0 Å². The van der Waals surface area contributed by atoms with E-state index in [1.54, 1.807) is 12.1 Å². The van der Waals surface area contributed by atoms with Gasteiger partial charge in [-0.2, -0.15) is 0 Å². The van der Waals surface area contributed by atoms with Gasteiger partial charge in [0.15, 0.2) is 5.16 Å². The quantitative estimate of drug-likeness (QED) is 0.513. The van der Waals surface area contributed by atoms with E-state index in [-0.39, 0.29) is 11.7 Å². The van der Waals surface area contributed by atoms with E-state index in [2.05, 4.69) is 15.5 Å². The van der Waals surface area contributed by atoms with E-state index in [4.69, 9.17) is 21.1 Å². The molecule has 1 amide bonds. The van der Waals surface area contributed by atoms with Crippen LogP contribution in [0.3, 0.4) is 0 Å². The SMILES string of the molecule is COc1cc(NC(=O)CSc2nnc(C3CC3)n2-c2ccccc2)c(OC)cc1Cl. The van der Waals surface area contributed by atoms with Gasteiger partial charge in [-0.3, -0.25) is 9.36 Å². The first kappa shape index (κ1) is 20.6. The average molecular weight is 445 g/mol. The van der Waals surface area contributed by atoms with Crippen molar-refractivity contribution in [3.05, 3.63) is 53.3 Å². The molecule has 156 valence electrons. The van der Waals surface area contributed by atoms with Crippen molar-refractivity contribution in [2.24, 2.45) is 0 Å². The summed E-state index contributed by atoms with van der Waals surface area (Å²) < 4.78 is 12.6. The molecular weight excluding hydrogens is 424 g/mol. The van der Waals surface area contributed by atoms with Crippen LogP contribution in [0.5, 0.6) is 11.5 Å². The number of methoxy groups -OCH3 is 2. The van der Waals surface area contributed by atoms with E-state index in [0.29, 0.717) is 33.3 Å². The highest BCUT2D eigenvalue weighted by Gasteiger charge is 2.31. The third-order valence-electron chi connectivity index (χ3n) is 4.70. The Labute approximate surface area is 183 Å². The van der Waals surface area contributed by atoms with Crippen molar-refractivity contribution in [1.82, 2.24) is 14.8 Å². The number of para-hydroxylation sites is 1. The number of carbonyl (C=O) groups excluding carboxylic acids is 1. The van der Waals surface area contributed by atoms with Gasteiger partial charge in [0.05, 0.1) is 30.7 Å². The van der Waals surface area contributed by atoms with E-state index in [1.165, 1.54) is 26.0 Å². The van der Waals surface area contributed by atoms with Crippen LogP contribution in [-0.4, -0.2) is 40.6 Å². The second-order valence-electron chi connectivity index (χ2n) is 6.81. The lowest BCUT2D eigenvalue weighted by molar-refractivity contribution is -0.113. The molecule has 0 unspecified atom stereocenters.